The van der Waals surface area contributed by atoms with Gasteiger partial charge in [0, 0.05) is 28.9 Å². The van der Waals surface area contributed by atoms with E-state index in [1.165, 1.54) is 6.92 Å². The molecule has 0 saturated carbocycles. The molecule has 2 rings (SSSR count). The smallest absolute Gasteiger partial charge is 0.182 e. The van der Waals surface area contributed by atoms with Crippen molar-refractivity contribution < 1.29 is 13.2 Å². The van der Waals surface area contributed by atoms with Gasteiger partial charge in [-0.1, -0.05) is 25.1 Å². The molecule has 0 spiro atoms. The summed E-state index contributed by atoms with van der Waals surface area (Å²) in [6, 6.07) is 5.72. The van der Waals surface area contributed by atoms with E-state index in [-0.39, 0.29) is 5.78 Å². The normalized spacial score (nSPS) is 13.6. The number of hydrogen-bond acceptors (Lipinski definition) is 3. The molecule has 1 unspecified atom stereocenters. The van der Waals surface area contributed by atoms with Crippen LogP contribution in [0.4, 0.5) is 0 Å². The molecule has 1 atom stereocenters. The van der Waals surface area contributed by atoms with Gasteiger partial charge in [0.25, 0.3) is 0 Å². The highest BCUT2D eigenvalue weighted by Gasteiger charge is 2.26. The maximum atomic E-state index is 12.3. The van der Waals surface area contributed by atoms with Crippen LogP contribution in [0.5, 0.6) is 0 Å². The summed E-state index contributed by atoms with van der Waals surface area (Å²) < 4.78 is 23.0. The van der Waals surface area contributed by atoms with Gasteiger partial charge in [0.2, 0.25) is 0 Å². The summed E-state index contributed by atoms with van der Waals surface area (Å²) in [6.45, 7) is 3.47. The number of aryl methyl sites for hydroxylation is 1. The topological polar surface area (TPSA) is 67.0 Å². The summed E-state index contributed by atoms with van der Waals surface area (Å²) in [5.74, 6) is -0.359. The number of rotatable bonds is 4. The van der Waals surface area contributed by atoms with Crippen molar-refractivity contribution in [2.45, 2.75) is 25.5 Å². The molecule has 0 aliphatic carbocycles. The average Bonchev–Trinajstić information content (AvgIpc) is 2.79. The van der Waals surface area contributed by atoms with Crippen molar-refractivity contribution in [3.05, 3.63) is 35.5 Å². The van der Waals surface area contributed by atoms with E-state index < -0.39 is 15.1 Å². The van der Waals surface area contributed by atoms with Crippen molar-refractivity contribution in [2.75, 3.05) is 6.26 Å². The summed E-state index contributed by atoms with van der Waals surface area (Å²) in [6.07, 6.45) is 3.54. The lowest BCUT2D eigenvalue weighted by Gasteiger charge is -2.07. The Kier molecular flexibility index (Phi) is 3.49. The van der Waals surface area contributed by atoms with Gasteiger partial charge < -0.3 is 4.98 Å². The Morgan fingerprint density at radius 2 is 2.05 bits per heavy atom. The second-order valence-electron chi connectivity index (χ2n) is 4.73. The van der Waals surface area contributed by atoms with Gasteiger partial charge in [0.15, 0.2) is 15.6 Å². The van der Waals surface area contributed by atoms with Crippen molar-refractivity contribution in [3.63, 3.8) is 0 Å². The zero-order valence-corrected chi connectivity index (χ0v) is 12.0. The highest BCUT2D eigenvalue weighted by molar-refractivity contribution is 7.92. The van der Waals surface area contributed by atoms with E-state index in [0.29, 0.717) is 5.56 Å². The van der Waals surface area contributed by atoms with E-state index in [2.05, 4.69) is 4.98 Å². The summed E-state index contributed by atoms with van der Waals surface area (Å²) in [7, 11) is -3.38. The number of benzene rings is 1. The number of carbonyl (C=O) groups excluding carboxylic acids is 1. The second-order valence-corrected chi connectivity index (χ2v) is 7.10. The highest BCUT2D eigenvalue weighted by Crippen LogP contribution is 2.24. The summed E-state index contributed by atoms with van der Waals surface area (Å²) in [5, 5.41) is -0.225. The number of H-pyrrole nitrogens is 1. The monoisotopic (exact) mass is 279 g/mol. The van der Waals surface area contributed by atoms with Crippen LogP contribution in [0.25, 0.3) is 10.9 Å². The van der Waals surface area contributed by atoms with Gasteiger partial charge in [0.1, 0.15) is 5.25 Å². The third kappa shape index (κ3) is 2.42. The van der Waals surface area contributed by atoms with Crippen LogP contribution in [0, 0.1) is 0 Å². The number of Topliss-reactive ketones (excluding diaryl/α,β-unsaturated/α-hetero) is 1. The lowest BCUT2D eigenvalue weighted by molar-refractivity contribution is 0.0993. The van der Waals surface area contributed by atoms with E-state index in [0.717, 1.165) is 29.1 Å². The standard InChI is InChI=1S/C14H17NO3S/c1-4-10-6-5-7-11-12(8-15-13(10)11)14(16)9(2)19(3,17)18/h5-9,15H,4H2,1-3H3. The van der Waals surface area contributed by atoms with Gasteiger partial charge in [-0.3, -0.25) is 4.79 Å². The van der Waals surface area contributed by atoms with Crippen LogP contribution in [-0.2, 0) is 16.3 Å². The van der Waals surface area contributed by atoms with Crippen molar-refractivity contribution in [1.82, 2.24) is 4.98 Å². The zero-order chi connectivity index (χ0) is 14.2. The number of fused-ring (bicyclic) bond motifs is 1. The fourth-order valence-electron chi connectivity index (χ4n) is 2.13. The second kappa shape index (κ2) is 4.81. The SMILES string of the molecule is CCc1cccc2c(C(=O)C(C)S(C)(=O)=O)c[nH]c12. The van der Waals surface area contributed by atoms with Crippen LogP contribution in [-0.4, -0.2) is 30.7 Å². The molecule has 0 radical (unpaired) electrons. The molecule has 0 amide bonds. The molecule has 2 aromatic rings. The maximum absolute atomic E-state index is 12.3. The van der Waals surface area contributed by atoms with E-state index >= 15 is 0 Å². The van der Waals surface area contributed by atoms with E-state index in [4.69, 9.17) is 0 Å². The first-order chi connectivity index (χ1) is 8.86. The first-order valence-corrected chi connectivity index (χ1v) is 8.13. The average molecular weight is 279 g/mol. The first kappa shape index (κ1) is 13.8. The number of para-hydroxylation sites is 1. The third-order valence-electron chi connectivity index (χ3n) is 3.46. The van der Waals surface area contributed by atoms with Crippen LogP contribution >= 0.6 is 0 Å². The summed E-state index contributed by atoms with van der Waals surface area (Å²) in [4.78, 5) is 15.3. The lowest BCUT2D eigenvalue weighted by atomic mass is 10.0. The molecule has 0 saturated heterocycles. The van der Waals surface area contributed by atoms with Gasteiger partial charge in [-0.2, -0.15) is 0 Å². The van der Waals surface area contributed by atoms with Crippen LogP contribution in [0.2, 0.25) is 0 Å². The van der Waals surface area contributed by atoms with Gasteiger partial charge in [-0.15, -0.1) is 0 Å². The minimum absolute atomic E-state index is 0.359. The van der Waals surface area contributed by atoms with Crippen molar-refractivity contribution in [2.24, 2.45) is 0 Å². The summed E-state index contributed by atoms with van der Waals surface area (Å²) >= 11 is 0. The summed E-state index contributed by atoms with van der Waals surface area (Å²) in [5.41, 5.74) is 2.47. The maximum Gasteiger partial charge on any atom is 0.182 e. The van der Waals surface area contributed by atoms with Gasteiger partial charge in [0.05, 0.1) is 0 Å². The number of nitrogens with one attached hydrogen (secondary N) is 1. The van der Waals surface area contributed by atoms with Gasteiger partial charge in [-0.25, -0.2) is 8.42 Å². The highest BCUT2D eigenvalue weighted by atomic mass is 32.2. The van der Waals surface area contributed by atoms with Crippen LogP contribution in [0.15, 0.2) is 24.4 Å². The molecule has 4 nitrogen and oxygen atoms in total. The fourth-order valence-corrected chi connectivity index (χ4v) is 2.64. The number of ketones is 1. The Morgan fingerprint density at radius 3 is 2.63 bits per heavy atom. The quantitative estimate of drug-likeness (QED) is 0.874. The first-order valence-electron chi connectivity index (χ1n) is 6.18. The van der Waals surface area contributed by atoms with Gasteiger partial charge in [-0.05, 0) is 18.9 Å². The Balaban J connectivity index is 2.56. The van der Waals surface area contributed by atoms with E-state index in [9.17, 15) is 13.2 Å². The Morgan fingerprint density at radius 1 is 1.37 bits per heavy atom. The van der Waals surface area contributed by atoms with Crippen molar-refractivity contribution >= 4 is 26.5 Å². The number of sulfone groups is 1. The Hall–Kier alpha value is -1.62. The molecular formula is C14H17NO3S. The Bertz CT molecular complexity index is 728. The molecule has 0 fully saturated rings. The van der Waals surface area contributed by atoms with Crippen LogP contribution < -0.4 is 0 Å². The predicted molar refractivity (Wildman–Crippen MR) is 76.3 cm³/mol. The third-order valence-corrected chi connectivity index (χ3v) is 4.96. The minimum atomic E-state index is -3.38. The molecule has 19 heavy (non-hydrogen) atoms. The van der Waals surface area contributed by atoms with E-state index in [1.807, 2.05) is 25.1 Å². The van der Waals surface area contributed by atoms with Crippen LogP contribution in [0.1, 0.15) is 29.8 Å². The molecule has 0 bridgehead atoms. The molecule has 0 aliphatic heterocycles. The van der Waals surface area contributed by atoms with Crippen molar-refractivity contribution in [3.8, 4) is 0 Å². The number of hydrogen-bond donors (Lipinski definition) is 1. The number of carbonyl (C=O) groups is 1. The molecular weight excluding hydrogens is 262 g/mol. The largest absolute Gasteiger partial charge is 0.360 e. The molecule has 102 valence electrons. The van der Waals surface area contributed by atoms with Crippen LogP contribution in [0.3, 0.4) is 0 Å². The van der Waals surface area contributed by atoms with E-state index in [1.54, 1.807) is 6.20 Å². The molecule has 1 N–H and O–H groups in total. The molecule has 1 heterocycles. The lowest BCUT2D eigenvalue weighted by Crippen LogP contribution is -2.26. The predicted octanol–water partition coefficient (Wildman–Crippen LogP) is 2.35. The minimum Gasteiger partial charge on any atom is -0.360 e. The number of aromatic amines is 1. The van der Waals surface area contributed by atoms with Gasteiger partial charge >= 0.3 is 0 Å². The zero-order valence-electron chi connectivity index (χ0n) is 11.2. The van der Waals surface area contributed by atoms with Crippen molar-refractivity contribution in [1.29, 1.82) is 0 Å². The molecule has 5 heteroatoms. The number of aromatic nitrogens is 1. The Labute approximate surface area is 112 Å². The molecule has 1 aromatic heterocycles. The molecule has 1 aromatic carbocycles. The molecule has 0 aliphatic rings. The fraction of sp³-hybridized carbons (Fsp3) is 0.357.